The fourth-order valence-electron chi connectivity index (χ4n) is 0.761. The molecule has 60 valence electrons. The highest BCUT2D eigenvalue weighted by molar-refractivity contribution is 7.98. The summed E-state index contributed by atoms with van der Waals surface area (Å²) in [6.07, 6.45) is 1.94. The molecule has 0 aliphatic heterocycles. The number of nitrogens with two attached hydrogens (primary N) is 2. The first-order chi connectivity index (χ1) is 5.15. The number of benzene rings is 1. The first kappa shape index (κ1) is 8.56. The van der Waals surface area contributed by atoms with Gasteiger partial charge in [0.05, 0.1) is 10.7 Å². The highest BCUT2D eigenvalue weighted by Gasteiger charge is 2.01. The summed E-state index contributed by atoms with van der Waals surface area (Å²) in [5.74, 6) is 0. The van der Waals surface area contributed by atoms with Crippen molar-refractivity contribution in [3.8, 4) is 0 Å². The Kier molecular flexibility index (Phi) is 2.52. The number of nitrogen functional groups attached to an aromatic ring is 2. The van der Waals surface area contributed by atoms with Crippen molar-refractivity contribution in [1.29, 1.82) is 0 Å². The van der Waals surface area contributed by atoms with Crippen molar-refractivity contribution in [3.63, 3.8) is 0 Å². The third-order valence-corrected chi connectivity index (χ3v) is 2.47. The molecule has 1 aromatic rings. The van der Waals surface area contributed by atoms with Crippen LogP contribution in [0.3, 0.4) is 0 Å². The Morgan fingerprint density at radius 2 is 1.91 bits per heavy atom. The SMILES string of the molecule is CSc1cc(N)c(Cl)cc1N. The number of anilines is 2. The summed E-state index contributed by atoms with van der Waals surface area (Å²) >= 11 is 7.28. The van der Waals surface area contributed by atoms with Crippen molar-refractivity contribution in [2.24, 2.45) is 0 Å². The van der Waals surface area contributed by atoms with Gasteiger partial charge in [0, 0.05) is 10.6 Å². The third-order valence-electron chi connectivity index (χ3n) is 1.35. The van der Waals surface area contributed by atoms with E-state index >= 15 is 0 Å². The van der Waals surface area contributed by atoms with E-state index in [1.807, 2.05) is 6.26 Å². The zero-order valence-corrected chi connectivity index (χ0v) is 7.67. The van der Waals surface area contributed by atoms with E-state index in [-0.39, 0.29) is 0 Å². The zero-order valence-electron chi connectivity index (χ0n) is 6.10. The number of halogens is 1. The van der Waals surface area contributed by atoms with Gasteiger partial charge in [-0.1, -0.05) is 11.6 Å². The van der Waals surface area contributed by atoms with E-state index in [2.05, 4.69) is 0 Å². The monoisotopic (exact) mass is 188 g/mol. The van der Waals surface area contributed by atoms with Crippen LogP contribution in [0.1, 0.15) is 0 Å². The van der Waals surface area contributed by atoms with Crippen LogP contribution in [0.25, 0.3) is 0 Å². The number of rotatable bonds is 1. The Hall–Kier alpha value is -0.540. The predicted molar refractivity (Wildman–Crippen MR) is 52.1 cm³/mol. The average Bonchev–Trinajstić information content (AvgIpc) is 1.97. The molecular formula is C7H9ClN2S. The quantitative estimate of drug-likeness (QED) is 0.525. The van der Waals surface area contributed by atoms with Gasteiger partial charge < -0.3 is 11.5 Å². The molecule has 0 radical (unpaired) electrons. The maximum Gasteiger partial charge on any atom is 0.0656 e. The molecule has 0 spiro atoms. The van der Waals surface area contributed by atoms with E-state index < -0.39 is 0 Å². The van der Waals surface area contributed by atoms with E-state index in [9.17, 15) is 0 Å². The van der Waals surface area contributed by atoms with Crippen LogP contribution >= 0.6 is 23.4 Å². The normalized spacial score (nSPS) is 10.0. The maximum atomic E-state index is 5.73. The molecule has 1 rings (SSSR count). The topological polar surface area (TPSA) is 52.0 Å². The third kappa shape index (κ3) is 1.73. The van der Waals surface area contributed by atoms with Crippen molar-refractivity contribution >= 4 is 34.7 Å². The lowest BCUT2D eigenvalue weighted by molar-refractivity contribution is 1.47. The smallest absolute Gasteiger partial charge is 0.0656 e. The van der Waals surface area contributed by atoms with Crippen molar-refractivity contribution < 1.29 is 0 Å². The lowest BCUT2D eigenvalue weighted by atomic mass is 10.3. The van der Waals surface area contributed by atoms with Crippen LogP contribution in [-0.4, -0.2) is 6.26 Å². The minimum absolute atomic E-state index is 0.514. The molecule has 0 atom stereocenters. The summed E-state index contributed by atoms with van der Waals surface area (Å²) < 4.78 is 0. The van der Waals surface area contributed by atoms with Gasteiger partial charge in [-0.2, -0.15) is 0 Å². The van der Waals surface area contributed by atoms with Gasteiger partial charge in [0.1, 0.15) is 0 Å². The Morgan fingerprint density at radius 3 is 2.45 bits per heavy atom. The van der Waals surface area contributed by atoms with E-state index in [1.165, 1.54) is 0 Å². The summed E-state index contributed by atoms with van der Waals surface area (Å²) in [6, 6.07) is 3.45. The number of hydrogen-bond acceptors (Lipinski definition) is 3. The molecule has 11 heavy (non-hydrogen) atoms. The lowest BCUT2D eigenvalue weighted by Crippen LogP contribution is -1.92. The summed E-state index contributed by atoms with van der Waals surface area (Å²) in [5, 5.41) is 0.514. The van der Waals surface area contributed by atoms with Gasteiger partial charge in [-0.3, -0.25) is 0 Å². The van der Waals surface area contributed by atoms with Gasteiger partial charge in [-0.05, 0) is 18.4 Å². The molecule has 2 nitrogen and oxygen atoms in total. The Morgan fingerprint density at radius 1 is 1.27 bits per heavy atom. The Balaban J connectivity index is 3.21. The molecule has 1 aromatic carbocycles. The molecule has 0 aliphatic carbocycles. The Labute approximate surface area is 74.9 Å². The second-order valence-electron chi connectivity index (χ2n) is 2.12. The van der Waals surface area contributed by atoms with E-state index in [0.29, 0.717) is 16.4 Å². The summed E-state index contributed by atoms with van der Waals surface area (Å²) in [4.78, 5) is 0.965. The fourth-order valence-corrected chi connectivity index (χ4v) is 1.47. The molecule has 0 bridgehead atoms. The zero-order chi connectivity index (χ0) is 8.43. The van der Waals surface area contributed by atoms with Gasteiger partial charge in [0.25, 0.3) is 0 Å². The number of thioether (sulfide) groups is 1. The van der Waals surface area contributed by atoms with Crippen LogP contribution in [-0.2, 0) is 0 Å². The van der Waals surface area contributed by atoms with Gasteiger partial charge in [-0.25, -0.2) is 0 Å². The Bertz CT molecular complexity index is 275. The standard InChI is InChI=1S/C7H9ClN2S/c1-11-7-3-5(9)4(8)2-6(7)10/h2-3H,9-10H2,1H3. The molecule has 4 heteroatoms. The molecule has 4 N–H and O–H groups in total. The molecule has 0 heterocycles. The summed E-state index contributed by atoms with van der Waals surface area (Å²) in [5.41, 5.74) is 12.5. The highest BCUT2D eigenvalue weighted by Crippen LogP contribution is 2.30. The molecule has 0 unspecified atom stereocenters. The molecule has 0 fully saturated rings. The first-order valence-corrected chi connectivity index (χ1v) is 4.64. The largest absolute Gasteiger partial charge is 0.398 e. The predicted octanol–water partition coefficient (Wildman–Crippen LogP) is 2.23. The van der Waals surface area contributed by atoms with Crippen LogP contribution in [0.5, 0.6) is 0 Å². The molecule has 0 aliphatic rings. The van der Waals surface area contributed by atoms with E-state index in [0.717, 1.165) is 4.90 Å². The van der Waals surface area contributed by atoms with Gasteiger partial charge in [-0.15, -0.1) is 11.8 Å². The second-order valence-corrected chi connectivity index (χ2v) is 3.37. The van der Waals surface area contributed by atoms with E-state index in [1.54, 1.807) is 23.9 Å². The summed E-state index contributed by atoms with van der Waals surface area (Å²) in [6.45, 7) is 0. The van der Waals surface area contributed by atoms with Crippen LogP contribution in [0.15, 0.2) is 17.0 Å². The minimum atomic E-state index is 0.514. The first-order valence-electron chi connectivity index (χ1n) is 3.03. The average molecular weight is 189 g/mol. The molecule has 0 saturated carbocycles. The lowest BCUT2D eigenvalue weighted by Gasteiger charge is -2.04. The molecule has 0 aromatic heterocycles. The van der Waals surface area contributed by atoms with Gasteiger partial charge in [0.15, 0.2) is 0 Å². The van der Waals surface area contributed by atoms with Gasteiger partial charge in [0.2, 0.25) is 0 Å². The van der Waals surface area contributed by atoms with Crippen molar-refractivity contribution in [2.75, 3.05) is 17.7 Å². The molecule has 0 amide bonds. The molecule has 0 saturated heterocycles. The van der Waals surface area contributed by atoms with Gasteiger partial charge >= 0.3 is 0 Å². The minimum Gasteiger partial charge on any atom is -0.398 e. The fraction of sp³-hybridized carbons (Fsp3) is 0.143. The van der Waals surface area contributed by atoms with Crippen molar-refractivity contribution in [3.05, 3.63) is 17.2 Å². The van der Waals surface area contributed by atoms with Crippen molar-refractivity contribution in [2.45, 2.75) is 4.90 Å². The van der Waals surface area contributed by atoms with Crippen LogP contribution in [0.2, 0.25) is 5.02 Å². The van der Waals surface area contributed by atoms with Crippen LogP contribution in [0, 0.1) is 0 Å². The maximum absolute atomic E-state index is 5.73. The van der Waals surface area contributed by atoms with Crippen molar-refractivity contribution in [1.82, 2.24) is 0 Å². The second kappa shape index (κ2) is 3.24. The summed E-state index contributed by atoms with van der Waals surface area (Å²) in [7, 11) is 0. The van der Waals surface area contributed by atoms with Crippen LogP contribution in [0.4, 0.5) is 11.4 Å². The highest BCUT2D eigenvalue weighted by atomic mass is 35.5. The number of hydrogen-bond donors (Lipinski definition) is 2. The molecular weight excluding hydrogens is 180 g/mol. The van der Waals surface area contributed by atoms with E-state index in [4.69, 9.17) is 23.1 Å². The van der Waals surface area contributed by atoms with Crippen LogP contribution < -0.4 is 11.5 Å².